The number of rotatable bonds is 7. The Kier molecular flexibility index (Phi) is 6.17. The normalized spacial score (nSPS) is 24.6. The van der Waals surface area contributed by atoms with Crippen molar-refractivity contribution in [3.8, 4) is 17.0 Å². The molecule has 1 saturated carbocycles. The van der Waals surface area contributed by atoms with Gasteiger partial charge in [-0.2, -0.15) is 0 Å². The largest absolute Gasteiger partial charge is 0.488 e. The van der Waals surface area contributed by atoms with Gasteiger partial charge >= 0.3 is 5.97 Å². The standard InChI is InChI=1S/C31H35N3O4S/c1-19-3-6-28(38-15-22-5-4-21-13-33(24-16-37-17-24)9-7-25(21)20(22)2)26(11-19)27-18-39-30(32-27)34-10-8-31(29(35)36)12-23(31)14-34/h3-6,11,18,23-24H,7-10,12-17H2,1-2H3,(H,35,36)/t23-,31+/m0/s1. The molecule has 3 aliphatic heterocycles. The van der Waals surface area contributed by atoms with E-state index in [0.29, 0.717) is 19.1 Å². The Labute approximate surface area is 233 Å². The van der Waals surface area contributed by atoms with Crippen molar-refractivity contribution in [2.24, 2.45) is 11.3 Å². The zero-order valence-electron chi connectivity index (χ0n) is 22.6. The smallest absolute Gasteiger partial charge is 0.310 e. The number of nitrogens with zero attached hydrogens (tertiary/aromatic N) is 3. The molecule has 3 aromatic rings. The zero-order valence-corrected chi connectivity index (χ0v) is 23.4. The number of piperidine rings is 1. The lowest BCUT2D eigenvalue weighted by molar-refractivity contribution is -0.144. The molecule has 2 aromatic carbocycles. The fraction of sp³-hybridized carbons (Fsp3) is 0.484. The summed E-state index contributed by atoms with van der Waals surface area (Å²) in [7, 11) is 0. The summed E-state index contributed by atoms with van der Waals surface area (Å²) in [5.74, 6) is 0.453. The number of hydrogen-bond donors (Lipinski definition) is 1. The van der Waals surface area contributed by atoms with Gasteiger partial charge in [-0.15, -0.1) is 11.3 Å². The lowest BCUT2D eigenvalue weighted by Gasteiger charge is -2.40. The van der Waals surface area contributed by atoms with Crippen LogP contribution in [-0.2, 0) is 29.1 Å². The van der Waals surface area contributed by atoms with Crippen molar-refractivity contribution >= 4 is 22.4 Å². The van der Waals surface area contributed by atoms with Crippen LogP contribution in [0.2, 0.25) is 0 Å². The van der Waals surface area contributed by atoms with Crippen LogP contribution in [0.1, 0.15) is 40.7 Å². The molecular weight excluding hydrogens is 510 g/mol. The average molecular weight is 546 g/mol. The quantitative estimate of drug-likeness (QED) is 0.445. The van der Waals surface area contributed by atoms with Crippen molar-refractivity contribution < 1.29 is 19.4 Å². The van der Waals surface area contributed by atoms with Crippen molar-refractivity contribution in [3.63, 3.8) is 0 Å². The van der Waals surface area contributed by atoms with Crippen LogP contribution in [0, 0.1) is 25.2 Å². The van der Waals surface area contributed by atoms with Crippen LogP contribution < -0.4 is 9.64 Å². The number of carboxylic acid groups (broad SMARTS) is 1. The minimum Gasteiger partial charge on any atom is -0.488 e. The molecule has 0 bridgehead atoms. The lowest BCUT2D eigenvalue weighted by Crippen LogP contribution is -2.50. The van der Waals surface area contributed by atoms with Crippen LogP contribution in [0.4, 0.5) is 5.13 Å². The second-order valence-corrected chi connectivity index (χ2v) is 12.6. The van der Waals surface area contributed by atoms with E-state index in [4.69, 9.17) is 14.5 Å². The molecule has 4 aliphatic rings. The van der Waals surface area contributed by atoms with Crippen LogP contribution in [0.25, 0.3) is 11.3 Å². The molecule has 0 spiro atoms. The Balaban J connectivity index is 1.07. The number of thiazole rings is 1. The molecule has 1 aromatic heterocycles. The summed E-state index contributed by atoms with van der Waals surface area (Å²) in [6.07, 6.45) is 2.57. The van der Waals surface area contributed by atoms with Crippen molar-refractivity contribution in [1.82, 2.24) is 9.88 Å². The molecule has 2 atom stereocenters. The number of carbonyl (C=O) groups is 1. The summed E-state index contributed by atoms with van der Waals surface area (Å²) < 4.78 is 11.9. The van der Waals surface area contributed by atoms with Crippen molar-refractivity contribution in [3.05, 3.63) is 63.5 Å². The topological polar surface area (TPSA) is 75.1 Å². The second kappa shape index (κ2) is 9.61. The molecule has 0 amide bonds. The Bertz CT molecular complexity index is 1430. The number of fused-ring (bicyclic) bond motifs is 2. The van der Waals surface area contributed by atoms with Gasteiger partial charge in [-0.25, -0.2) is 4.98 Å². The van der Waals surface area contributed by atoms with E-state index in [-0.39, 0.29) is 5.92 Å². The van der Waals surface area contributed by atoms with Gasteiger partial charge in [0.25, 0.3) is 0 Å². The van der Waals surface area contributed by atoms with Gasteiger partial charge in [-0.05, 0) is 73.4 Å². The molecule has 0 radical (unpaired) electrons. The van der Waals surface area contributed by atoms with E-state index >= 15 is 0 Å². The van der Waals surface area contributed by atoms with Gasteiger partial charge in [0.15, 0.2) is 5.13 Å². The Morgan fingerprint density at radius 3 is 2.87 bits per heavy atom. The molecule has 7 nitrogen and oxygen atoms in total. The van der Waals surface area contributed by atoms with Crippen LogP contribution in [0.3, 0.4) is 0 Å². The highest BCUT2D eigenvalue weighted by Crippen LogP contribution is 2.58. The van der Waals surface area contributed by atoms with E-state index in [0.717, 1.165) is 74.4 Å². The van der Waals surface area contributed by atoms with Crippen molar-refractivity contribution in [1.29, 1.82) is 0 Å². The Morgan fingerprint density at radius 2 is 2.10 bits per heavy atom. The van der Waals surface area contributed by atoms with Gasteiger partial charge in [0.1, 0.15) is 12.4 Å². The third-order valence-corrected chi connectivity index (χ3v) is 10.4. The first-order valence-electron chi connectivity index (χ1n) is 14.0. The highest BCUT2D eigenvalue weighted by molar-refractivity contribution is 7.14. The number of carboxylic acids is 1. The minimum atomic E-state index is -0.631. The Morgan fingerprint density at radius 1 is 1.23 bits per heavy atom. The summed E-state index contributed by atoms with van der Waals surface area (Å²) in [6, 6.07) is 11.4. The number of anilines is 1. The molecule has 8 heteroatoms. The molecular formula is C31H35N3O4S. The molecule has 204 valence electrons. The van der Waals surface area contributed by atoms with Crippen molar-refractivity contribution in [2.75, 3.05) is 37.7 Å². The van der Waals surface area contributed by atoms with Gasteiger partial charge in [0.05, 0.1) is 30.4 Å². The molecule has 3 fully saturated rings. The minimum absolute atomic E-state index is 0.240. The summed E-state index contributed by atoms with van der Waals surface area (Å²) in [4.78, 5) is 21.5. The van der Waals surface area contributed by atoms with E-state index in [1.165, 1.54) is 27.8 Å². The number of aliphatic carboxylic acids is 1. The molecule has 1 aliphatic carbocycles. The number of ether oxygens (including phenoxy) is 2. The SMILES string of the molecule is Cc1ccc(OCc2ccc3c(c2C)CCN(C2COC2)C3)c(-c2csc(N3CC[C@@]4(C(=O)O)C[C@H]4C3)n2)c1. The maximum atomic E-state index is 11.7. The number of hydrogen-bond acceptors (Lipinski definition) is 7. The van der Waals surface area contributed by atoms with Crippen LogP contribution in [-0.4, -0.2) is 59.8 Å². The summed E-state index contributed by atoms with van der Waals surface area (Å²) in [5.41, 5.74) is 8.11. The molecule has 39 heavy (non-hydrogen) atoms. The fourth-order valence-corrected chi connectivity index (χ4v) is 7.49. The molecule has 0 unspecified atom stereocenters. The van der Waals surface area contributed by atoms with E-state index in [1.807, 2.05) is 0 Å². The fourth-order valence-electron chi connectivity index (χ4n) is 6.63. The number of aryl methyl sites for hydroxylation is 1. The van der Waals surface area contributed by atoms with Gasteiger partial charge in [-0.1, -0.05) is 23.8 Å². The highest BCUT2D eigenvalue weighted by atomic mass is 32.1. The van der Waals surface area contributed by atoms with E-state index < -0.39 is 11.4 Å². The predicted molar refractivity (Wildman–Crippen MR) is 152 cm³/mol. The highest BCUT2D eigenvalue weighted by Gasteiger charge is 2.62. The van der Waals surface area contributed by atoms with Crippen LogP contribution >= 0.6 is 11.3 Å². The van der Waals surface area contributed by atoms with Gasteiger partial charge in [-0.3, -0.25) is 9.69 Å². The Hall–Kier alpha value is -2.94. The van der Waals surface area contributed by atoms with E-state index in [9.17, 15) is 9.90 Å². The molecule has 7 rings (SSSR count). The van der Waals surface area contributed by atoms with E-state index in [2.05, 4.69) is 59.4 Å². The summed E-state index contributed by atoms with van der Waals surface area (Å²) in [5, 5.41) is 12.7. The van der Waals surface area contributed by atoms with Gasteiger partial charge < -0.3 is 19.5 Å². The predicted octanol–water partition coefficient (Wildman–Crippen LogP) is 5.06. The van der Waals surface area contributed by atoms with E-state index in [1.54, 1.807) is 11.3 Å². The maximum Gasteiger partial charge on any atom is 0.310 e. The first-order chi connectivity index (χ1) is 18.9. The third-order valence-electron chi connectivity index (χ3n) is 9.45. The van der Waals surface area contributed by atoms with Crippen molar-refractivity contribution in [2.45, 2.75) is 52.3 Å². The molecule has 1 N–H and O–H groups in total. The van der Waals surface area contributed by atoms with Gasteiger partial charge in [0, 0.05) is 37.1 Å². The zero-order chi connectivity index (χ0) is 26.7. The molecule has 2 saturated heterocycles. The molecule has 4 heterocycles. The third kappa shape index (κ3) is 4.42. The maximum absolute atomic E-state index is 11.7. The summed E-state index contributed by atoms with van der Waals surface area (Å²) >= 11 is 1.63. The summed E-state index contributed by atoms with van der Waals surface area (Å²) in [6.45, 7) is 10.2. The monoisotopic (exact) mass is 545 g/mol. The number of aromatic nitrogens is 1. The average Bonchev–Trinajstić information content (AvgIpc) is 3.45. The number of benzene rings is 2. The van der Waals surface area contributed by atoms with Crippen LogP contribution in [0.15, 0.2) is 35.7 Å². The van der Waals surface area contributed by atoms with Gasteiger partial charge in [0.2, 0.25) is 0 Å². The van der Waals surface area contributed by atoms with Crippen LogP contribution in [0.5, 0.6) is 5.75 Å². The first kappa shape index (κ1) is 25.1. The lowest BCUT2D eigenvalue weighted by atomic mass is 9.91. The second-order valence-electron chi connectivity index (χ2n) is 11.8. The first-order valence-corrected chi connectivity index (χ1v) is 14.9.